The second-order valence-electron chi connectivity index (χ2n) is 10.6. The van der Waals surface area contributed by atoms with E-state index in [1.54, 1.807) is 18.3 Å². The summed E-state index contributed by atoms with van der Waals surface area (Å²) < 4.78 is 8.43. The molecule has 0 atom stereocenters. The summed E-state index contributed by atoms with van der Waals surface area (Å²) in [6.07, 6.45) is 7.77. The Morgan fingerprint density at radius 3 is 2.74 bits per heavy atom. The molecule has 8 nitrogen and oxygen atoms in total. The minimum atomic E-state index is 0.00671. The third-order valence-corrected chi connectivity index (χ3v) is 7.70. The van der Waals surface area contributed by atoms with Gasteiger partial charge in [-0.05, 0) is 50.3 Å². The average molecular weight is 511 g/mol. The van der Waals surface area contributed by atoms with Crippen molar-refractivity contribution >= 4 is 16.6 Å². The van der Waals surface area contributed by atoms with Crippen LogP contribution in [-0.4, -0.2) is 62.0 Å². The normalized spacial score (nSPS) is 16.6. The van der Waals surface area contributed by atoms with Crippen molar-refractivity contribution < 1.29 is 9.53 Å². The Hall–Kier alpha value is -3.62. The van der Waals surface area contributed by atoms with E-state index in [0.717, 1.165) is 79.1 Å². The molecule has 4 aromatic rings. The maximum Gasteiger partial charge on any atom is 0.214 e. The maximum atomic E-state index is 13.2. The summed E-state index contributed by atoms with van der Waals surface area (Å²) in [5.41, 5.74) is 3.60. The highest BCUT2D eigenvalue weighted by Gasteiger charge is 2.23. The van der Waals surface area contributed by atoms with Crippen molar-refractivity contribution in [2.75, 3.05) is 19.6 Å². The predicted molar refractivity (Wildman–Crippen MR) is 147 cm³/mol. The number of nitrogens with one attached hydrogen (secondary N) is 1. The SMILES string of the molecule is CC(C)N1CCC(Oc2cc(C(=O)Cc3cc4cc(-c5cnc6n5CCNC6)ccc4cn3)ccn2)CC1. The molecule has 2 aliphatic rings. The fraction of sp³-hybridized carbons (Fsp3) is 0.400. The zero-order valence-corrected chi connectivity index (χ0v) is 22.1. The van der Waals surface area contributed by atoms with Crippen LogP contribution in [0.1, 0.15) is 48.6 Å². The van der Waals surface area contributed by atoms with Crippen LogP contribution in [0.25, 0.3) is 22.0 Å². The molecule has 2 aliphatic heterocycles. The molecule has 0 bridgehead atoms. The van der Waals surface area contributed by atoms with E-state index in [1.165, 1.54) is 0 Å². The van der Waals surface area contributed by atoms with Crippen LogP contribution in [0.2, 0.25) is 0 Å². The summed E-state index contributed by atoms with van der Waals surface area (Å²) >= 11 is 0. The number of rotatable bonds is 7. The number of imidazole rings is 1. The van der Waals surface area contributed by atoms with E-state index in [4.69, 9.17) is 4.74 Å². The lowest BCUT2D eigenvalue weighted by molar-refractivity contribution is 0.0809. The van der Waals surface area contributed by atoms with Crippen molar-refractivity contribution in [2.45, 2.75) is 58.3 Å². The van der Waals surface area contributed by atoms with Gasteiger partial charge in [-0.3, -0.25) is 9.78 Å². The van der Waals surface area contributed by atoms with E-state index in [-0.39, 0.29) is 18.3 Å². The minimum Gasteiger partial charge on any atom is -0.474 e. The first-order valence-corrected chi connectivity index (χ1v) is 13.6. The summed E-state index contributed by atoms with van der Waals surface area (Å²) in [5.74, 6) is 1.59. The molecule has 0 amide bonds. The lowest BCUT2D eigenvalue weighted by Gasteiger charge is -2.34. The van der Waals surface area contributed by atoms with E-state index >= 15 is 0 Å². The van der Waals surface area contributed by atoms with Gasteiger partial charge in [0, 0.05) is 72.9 Å². The lowest BCUT2D eigenvalue weighted by atomic mass is 10.0. The number of hydrogen-bond donors (Lipinski definition) is 1. The van der Waals surface area contributed by atoms with Crippen molar-refractivity contribution in [1.82, 2.24) is 29.7 Å². The second kappa shape index (κ2) is 10.6. The topological polar surface area (TPSA) is 85.2 Å². The Morgan fingerprint density at radius 2 is 1.89 bits per heavy atom. The Labute approximate surface area is 223 Å². The molecule has 1 N–H and O–H groups in total. The van der Waals surface area contributed by atoms with Crippen LogP contribution < -0.4 is 10.1 Å². The van der Waals surface area contributed by atoms with Crippen molar-refractivity contribution in [3.63, 3.8) is 0 Å². The average Bonchev–Trinajstić information content (AvgIpc) is 3.37. The van der Waals surface area contributed by atoms with Crippen LogP contribution in [0.15, 0.2) is 55.0 Å². The Morgan fingerprint density at radius 1 is 1.03 bits per heavy atom. The number of likely N-dealkylation sites (tertiary alicyclic amines) is 1. The smallest absolute Gasteiger partial charge is 0.214 e. The van der Waals surface area contributed by atoms with Gasteiger partial charge in [0.05, 0.1) is 24.9 Å². The Balaban J connectivity index is 1.16. The van der Waals surface area contributed by atoms with Gasteiger partial charge in [0.2, 0.25) is 5.88 Å². The van der Waals surface area contributed by atoms with Gasteiger partial charge in [0.25, 0.3) is 0 Å². The highest BCUT2D eigenvalue weighted by atomic mass is 16.5. The van der Waals surface area contributed by atoms with E-state index in [9.17, 15) is 4.79 Å². The first-order chi connectivity index (χ1) is 18.5. The molecule has 0 unspecified atom stereocenters. The number of ketones is 1. The van der Waals surface area contributed by atoms with Crippen molar-refractivity contribution in [1.29, 1.82) is 0 Å². The highest BCUT2D eigenvalue weighted by Crippen LogP contribution is 2.27. The quantitative estimate of drug-likeness (QED) is 0.372. The number of fused-ring (bicyclic) bond motifs is 2. The van der Waals surface area contributed by atoms with Crippen LogP contribution in [0, 0.1) is 0 Å². The van der Waals surface area contributed by atoms with Gasteiger partial charge in [0.1, 0.15) is 11.9 Å². The molecule has 38 heavy (non-hydrogen) atoms. The Bertz CT molecular complexity index is 1450. The predicted octanol–water partition coefficient (Wildman–Crippen LogP) is 4.27. The van der Waals surface area contributed by atoms with Gasteiger partial charge in [-0.1, -0.05) is 12.1 Å². The molecule has 0 radical (unpaired) electrons. The van der Waals surface area contributed by atoms with E-state index in [1.807, 2.05) is 18.5 Å². The number of aromatic nitrogens is 4. The number of ether oxygens (including phenoxy) is 1. The number of Topliss-reactive ketones (excluding diaryl/α,β-unsaturated/α-hetero) is 1. The second-order valence-corrected chi connectivity index (χ2v) is 10.6. The molecule has 1 aromatic carbocycles. The number of carbonyl (C=O) groups excluding carboxylic acids is 1. The molecule has 1 saturated heterocycles. The van der Waals surface area contributed by atoms with Crippen molar-refractivity contribution in [3.8, 4) is 17.1 Å². The third-order valence-electron chi connectivity index (χ3n) is 7.70. The molecule has 1 fully saturated rings. The standard InChI is InChI=1S/C30H34N6O2/c1-20(2)35-10-6-26(7-11-35)38-30-15-22(5-8-32-30)28(37)16-25-14-24-13-21(3-4-23(24)17-33-25)27-18-34-29-19-31-9-12-36(27)29/h3-5,8,13-15,17-18,20,26,31H,6-7,9-12,16,19H2,1-2H3. The van der Waals surface area contributed by atoms with E-state index in [0.29, 0.717) is 17.5 Å². The molecule has 6 rings (SSSR count). The van der Waals surface area contributed by atoms with Gasteiger partial charge in [-0.25, -0.2) is 9.97 Å². The molecule has 0 aliphatic carbocycles. The molecule has 196 valence electrons. The number of benzene rings is 1. The number of carbonyl (C=O) groups is 1. The van der Waals surface area contributed by atoms with Crippen molar-refractivity contribution in [3.05, 3.63) is 72.1 Å². The number of piperidine rings is 1. The summed E-state index contributed by atoms with van der Waals surface area (Å²) in [6.45, 7) is 9.15. The molecule has 3 aromatic heterocycles. The number of hydrogen-bond acceptors (Lipinski definition) is 7. The van der Waals surface area contributed by atoms with Crippen LogP contribution in [0.4, 0.5) is 0 Å². The summed E-state index contributed by atoms with van der Waals surface area (Å²) in [7, 11) is 0. The maximum absolute atomic E-state index is 13.2. The molecule has 5 heterocycles. The van der Waals surface area contributed by atoms with E-state index < -0.39 is 0 Å². The van der Waals surface area contributed by atoms with Gasteiger partial charge >= 0.3 is 0 Å². The van der Waals surface area contributed by atoms with Gasteiger partial charge in [-0.2, -0.15) is 0 Å². The molecular weight excluding hydrogens is 476 g/mol. The van der Waals surface area contributed by atoms with Gasteiger partial charge in [0.15, 0.2) is 5.78 Å². The first-order valence-electron chi connectivity index (χ1n) is 13.6. The fourth-order valence-electron chi connectivity index (χ4n) is 5.46. The zero-order valence-electron chi connectivity index (χ0n) is 22.1. The lowest BCUT2D eigenvalue weighted by Crippen LogP contribution is -2.41. The van der Waals surface area contributed by atoms with Crippen LogP contribution in [0.5, 0.6) is 5.88 Å². The minimum absolute atomic E-state index is 0.00671. The monoisotopic (exact) mass is 510 g/mol. The van der Waals surface area contributed by atoms with Gasteiger partial charge in [-0.15, -0.1) is 0 Å². The van der Waals surface area contributed by atoms with E-state index in [2.05, 4.69) is 61.8 Å². The first kappa shape index (κ1) is 24.7. The summed E-state index contributed by atoms with van der Waals surface area (Å²) in [6, 6.07) is 12.5. The summed E-state index contributed by atoms with van der Waals surface area (Å²) in [4.78, 5) is 29.2. The number of pyridine rings is 2. The molecule has 0 spiro atoms. The zero-order chi connectivity index (χ0) is 26.1. The number of nitrogens with zero attached hydrogens (tertiary/aromatic N) is 5. The highest BCUT2D eigenvalue weighted by molar-refractivity contribution is 5.98. The summed E-state index contributed by atoms with van der Waals surface area (Å²) in [5, 5.41) is 5.48. The van der Waals surface area contributed by atoms with Crippen LogP contribution in [-0.2, 0) is 19.5 Å². The largest absolute Gasteiger partial charge is 0.474 e. The Kier molecular flexibility index (Phi) is 6.91. The molecular formula is C30H34N6O2. The van der Waals surface area contributed by atoms with Gasteiger partial charge < -0.3 is 19.5 Å². The van der Waals surface area contributed by atoms with Crippen molar-refractivity contribution in [2.24, 2.45) is 0 Å². The third kappa shape index (κ3) is 5.19. The molecule has 8 heteroatoms. The molecule has 0 saturated carbocycles. The van der Waals surface area contributed by atoms with Crippen LogP contribution in [0.3, 0.4) is 0 Å². The fourth-order valence-corrected chi connectivity index (χ4v) is 5.46. The van der Waals surface area contributed by atoms with Crippen LogP contribution >= 0.6 is 0 Å².